The highest BCUT2D eigenvalue weighted by Gasteiger charge is 2.34. The van der Waals surface area contributed by atoms with E-state index in [1.165, 1.54) is 29.8 Å². The second-order valence-electron chi connectivity index (χ2n) is 7.75. The molecule has 7 heteroatoms. The predicted molar refractivity (Wildman–Crippen MR) is 122 cm³/mol. The van der Waals surface area contributed by atoms with Crippen LogP contribution in [0.4, 0.5) is 0 Å². The van der Waals surface area contributed by atoms with E-state index in [0.717, 1.165) is 21.8 Å². The zero-order valence-corrected chi connectivity index (χ0v) is 18.3. The van der Waals surface area contributed by atoms with Crippen LogP contribution in [0, 0.1) is 0 Å². The van der Waals surface area contributed by atoms with Gasteiger partial charge in [0.1, 0.15) is 21.9 Å². The van der Waals surface area contributed by atoms with Crippen molar-refractivity contribution in [2.24, 2.45) is 0 Å². The number of carboxylic acids is 1. The van der Waals surface area contributed by atoms with E-state index in [4.69, 9.17) is 9.72 Å². The highest BCUT2D eigenvalue weighted by Crippen LogP contribution is 2.32. The minimum absolute atomic E-state index is 0.324. The lowest BCUT2D eigenvalue weighted by molar-refractivity contribution is -0.146. The molecule has 6 nitrogen and oxygen atoms in total. The molecule has 2 heterocycles. The number of carboxylic acid groups (broad SMARTS) is 1. The number of fused-ring (bicyclic) bond motifs is 1. The number of rotatable bonds is 6. The van der Waals surface area contributed by atoms with Crippen LogP contribution in [0.5, 0.6) is 5.75 Å². The van der Waals surface area contributed by atoms with Gasteiger partial charge in [-0.2, -0.15) is 0 Å². The lowest BCUT2D eigenvalue weighted by Crippen LogP contribution is -2.44. The SMILES string of the molecule is COc1ccc(Cc2nc3sc(-c4ccccc4)cc3c(=O)n2C(C)(C)C(=O)O)cc1. The lowest BCUT2D eigenvalue weighted by atomic mass is 10.0. The Kier molecular flexibility index (Phi) is 5.37. The highest BCUT2D eigenvalue weighted by molar-refractivity contribution is 7.21. The molecule has 4 rings (SSSR count). The van der Waals surface area contributed by atoms with Crippen molar-refractivity contribution in [3.05, 3.63) is 82.4 Å². The Hall–Kier alpha value is -3.45. The summed E-state index contributed by atoms with van der Waals surface area (Å²) < 4.78 is 6.51. The van der Waals surface area contributed by atoms with E-state index in [-0.39, 0.29) is 5.56 Å². The van der Waals surface area contributed by atoms with Crippen LogP contribution in [0.2, 0.25) is 0 Å². The van der Waals surface area contributed by atoms with E-state index < -0.39 is 11.5 Å². The summed E-state index contributed by atoms with van der Waals surface area (Å²) >= 11 is 1.43. The van der Waals surface area contributed by atoms with Crippen LogP contribution in [-0.4, -0.2) is 27.7 Å². The third-order valence-electron chi connectivity index (χ3n) is 5.30. The van der Waals surface area contributed by atoms with Gasteiger partial charge in [-0.15, -0.1) is 11.3 Å². The molecule has 0 aliphatic heterocycles. The van der Waals surface area contributed by atoms with E-state index in [1.54, 1.807) is 13.2 Å². The lowest BCUT2D eigenvalue weighted by Gasteiger charge is -2.25. The number of hydrogen-bond acceptors (Lipinski definition) is 5. The van der Waals surface area contributed by atoms with Gasteiger partial charge in [0.25, 0.3) is 5.56 Å². The maximum atomic E-state index is 13.5. The Bertz CT molecular complexity index is 1310. The maximum Gasteiger partial charge on any atom is 0.329 e. The number of benzene rings is 2. The molecule has 158 valence electrons. The molecule has 2 aromatic heterocycles. The molecule has 1 N–H and O–H groups in total. The molecule has 0 unspecified atom stereocenters. The summed E-state index contributed by atoms with van der Waals surface area (Å²) in [6, 6.07) is 19.0. The summed E-state index contributed by atoms with van der Waals surface area (Å²) in [7, 11) is 1.60. The number of thiophene rings is 1. The number of hydrogen-bond donors (Lipinski definition) is 1. The van der Waals surface area contributed by atoms with Gasteiger partial charge < -0.3 is 9.84 Å². The molecule has 0 aliphatic carbocycles. The summed E-state index contributed by atoms with van der Waals surface area (Å²) in [6.45, 7) is 3.04. The van der Waals surface area contributed by atoms with Gasteiger partial charge in [-0.1, -0.05) is 42.5 Å². The summed E-state index contributed by atoms with van der Waals surface area (Å²) in [5.41, 5.74) is 0.0985. The van der Waals surface area contributed by atoms with Gasteiger partial charge in [-0.25, -0.2) is 9.78 Å². The molecule has 4 aromatic rings. The van der Waals surface area contributed by atoms with Gasteiger partial charge >= 0.3 is 5.97 Å². The second-order valence-corrected chi connectivity index (χ2v) is 8.78. The molecule has 0 fully saturated rings. The minimum Gasteiger partial charge on any atom is -0.497 e. The van der Waals surface area contributed by atoms with E-state index in [9.17, 15) is 14.7 Å². The number of aromatic nitrogens is 2. The van der Waals surface area contributed by atoms with Crippen molar-refractivity contribution < 1.29 is 14.6 Å². The molecule has 0 saturated heterocycles. The molecular formula is C24H22N2O4S. The van der Waals surface area contributed by atoms with Crippen molar-refractivity contribution in [2.45, 2.75) is 25.8 Å². The van der Waals surface area contributed by atoms with Crippen LogP contribution < -0.4 is 10.3 Å². The van der Waals surface area contributed by atoms with E-state index in [2.05, 4.69) is 0 Å². The Morgan fingerprint density at radius 1 is 1.13 bits per heavy atom. The average Bonchev–Trinajstić information content (AvgIpc) is 3.19. The molecule has 0 aliphatic rings. The molecule has 0 saturated carbocycles. The van der Waals surface area contributed by atoms with Crippen molar-refractivity contribution in [1.29, 1.82) is 0 Å². The smallest absolute Gasteiger partial charge is 0.329 e. The van der Waals surface area contributed by atoms with Gasteiger partial charge in [0, 0.05) is 11.3 Å². The Balaban J connectivity index is 1.91. The number of methoxy groups -OCH3 is 1. The van der Waals surface area contributed by atoms with Crippen LogP contribution in [0.1, 0.15) is 25.2 Å². The molecule has 2 aromatic carbocycles. The number of aliphatic carboxylic acids is 1. The summed E-state index contributed by atoms with van der Waals surface area (Å²) in [6.07, 6.45) is 0.324. The van der Waals surface area contributed by atoms with Crippen molar-refractivity contribution in [3.63, 3.8) is 0 Å². The minimum atomic E-state index is -1.45. The molecule has 0 radical (unpaired) electrons. The van der Waals surface area contributed by atoms with Crippen molar-refractivity contribution in [1.82, 2.24) is 9.55 Å². The molecule has 0 atom stereocenters. The third-order valence-corrected chi connectivity index (χ3v) is 6.37. The predicted octanol–water partition coefficient (Wildman–Crippen LogP) is 4.54. The van der Waals surface area contributed by atoms with Gasteiger partial charge in [-0.05, 0) is 43.2 Å². The van der Waals surface area contributed by atoms with Crippen molar-refractivity contribution >= 4 is 27.5 Å². The van der Waals surface area contributed by atoms with Crippen LogP contribution in [0.3, 0.4) is 0 Å². The Morgan fingerprint density at radius 3 is 2.42 bits per heavy atom. The number of nitrogens with zero attached hydrogens (tertiary/aromatic N) is 2. The fourth-order valence-corrected chi connectivity index (χ4v) is 4.53. The van der Waals surface area contributed by atoms with Gasteiger partial charge in [-0.3, -0.25) is 9.36 Å². The quantitative estimate of drug-likeness (QED) is 0.482. The van der Waals surface area contributed by atoms with Crippen LogP contribution in [-0.2, 0) is 16.8 Å². The monoisotopic (exact) mass is 434 g/mol. The topological polar surface area (TPSA) is 81.4 Å². The summed E-state index contributed by atoms with van der Waals surface area (Å²) in [4.78, 5) is 31.8. The number of ether oxygens (including phenoxy) is 1. The second kappa shape index (κ2) is 8.00. The largest absolute Gasteiger partial charge is 0.497 e. The molecule has 31 heavy (non-hydrogen) atoms. The molecule has 0 amide bonds. The standard InChI is InChI=1S/C24H22N2O4S/c1-24(2,23(28)29)26-20(13-15-9-11-17(30-3)12-10-15)25-21-18(22(26)27)14-19(31-21)16-7-5-4-6-8-16/h4-12,14H,13H2,1-3H3,(H,28,29). The fourth-order valence-electron chi connectivity index (χ4n) is 3.48. The van der Waals surface area contributed by atoms with Crippen molar-refractivity contribution in [3.8, 4) is 16.2 Å². The molecule has 0 bridgehead atoms. The first-order valence-electron chi connectivity index (χ1n) is 9.79. The van der Waals surface area contributed by atoms with Gasteiger partial charge in [0.15, 0.2) is 0 Å². The molecular weight excluding hydrogens is 412 g/mol. The Morgan fingerprint density at radius 2 is 1.81 bits per heavy atom. The van der Waals surface area contributed by atoms with Crippen LogP contribution in [0.15, 0.2) is 65.5 Å². The van der Waals surface area contributed by atoms with Crippen molar-refractivity contribution in [2.75, 3.05) is 7.11 Å². The zero-order chi connectivity index (χ0) is 22.2. The first kappa shape index (κ1) is 20.8. The first-order chi connectivity index (χ1) is 14.8. The maximum absolute atomic E-state index is 13.5. The third kappa shape index (κ3) is 3.84. The fraction of sp³-hybridized carbons (Fsp3) is 0.208. The average molecular weight is 435 g/mol. The van der Waals surface area contributed by atoms with E-state index >= 15 is 0 Å². The van der Waals surface area contributed by atoms with E-state index in [0.29, 0.717) is 22.5 Å². The van der Waals surface area contributed by atoms with Crippen LogP contribution >= 0.6 is 11.3 Å². The van der Waals surface area contributed by atoms with Gasteiger partial charge in [0.05, 0.1) is 12.5 Å². The zero-order valence-electron chi connectivity index (χ0n) is 17.5. The summed E-state index contributed by atoms with van der Waals surface area (Å²) in [5.74, 6) is 0.0444. The number of carbonyl (C=O) groups is 1. The highest BCUT2D eigenvalue weighted by atomic mass is 32.1. The summed E-state index contributed by atoms with van der Waals surface area (Å²) in [5, 5.41) is 10.3. The van der Waals surface area contributed by atoms with Crippen LogP contribution in [0.25, 0.3) is 20.7 Å². The first-order valence-corrected chi connectivity index (χ1v) is 10.6. The van der Waals surface area contributed by atoms with Gasteiger partial charge in [0.2, 0.25) is 0 Å². The Labute approximate surface area is 183 Å². The molecule has 0 spiro atoms. The normalized spacial score (nSPS) is 11.6. The van der Waals surface area contributed by atoms with E-state index in [1.807, 2.05) is 54.6 Å².